The van der Waals surface area contributed by atoms with Crippen molar-refractivity contribution in [2.24, 2.45) is 0 Å². The lowest BCUT2D eigenvalue weighted by Crippen LogP contribution is -2.24. The summed E-state index contributed by atoms with van der Waals surface area (Å²) < 4.78 is 34.1. The average Bonchev–Trinajstić information content (AvgIpc) is 1.98. The third-order valence-electron chi connectivity index (χ3n) is 0.874. The summed E-state index contributed by atoms with van der Waals surface area (Å²) in [6.07, 6.45) is -4.94. The molecule has 0 aromatic carbocycles. The lowest BCUT2D eigenvalue weighted by Gasteiger charge is -2.05. The Morgan fingerprint density at radius 2 is 1.62 bits per heavy atom. The fraction of sp³-hybridized carbons (Fsp3) is 1.00. The minimum atomic E-state index is -4.09. The van der Waals surface area contributed by atoms with E-state index in [0.717, 1.165) is 0 Å². The predicted octanol–water partition coefficient (Wildman–Crippen LogP) is 0.000200. The molecule has 4 N–H and O–H groups in total. The summed E-state index contributed by atoms with van der Waals surface area (Å²) in [7, 11) is -0.917. The van der Waals surface area contributed by atoms with Gasteiger partial charge in [-0.3, -0.25) is 0 Å². The average molecular weight is 223 g/mol. The summed E-state index contributed by atoms with van der Waals surface area (Å²) in [6, 6.07) is 0. The van der Waals surface area contributed by atoms with E-state index in [4.69, 9.17) is 14.9 Å². The van der Waals surface area contributed by atoms with Crippen LogP contribution in [0.4, 0.5) is 13.2 Å². The van der Waals surface area contributed by atoms with Gasteiger partial charge >= 0.3 is 6.18 Å². The molecule has 4 nitrogen and oxygen atoms in total. The zero-order valence-corrected chi connectivity index (χ0v) is 7.80. The summed E-state index contributed by atoms with van der Waals surface area (Å²) in [6.45, 7) is -0.0298. The predicted molar refractivity (Wildman–Crippen MR) is 43.4 cm³/mol. The van der Waals surface area contributed by atoms with E-state index >= 15 is 0 Å². The highest BCUT2D eigenvalue weighted by atomic mass is 31.1. The Hall–Kier alpha value is 0.0600. The van der Waals surface area contributed by atoms with Gasteiger partial charge in [0.15, 0.2) is 0 Å². The molecule has 0 aliphatic rings. The molecule has 0 bridgehead atoms. The molecular weight excluding hydrogens is 210 g/mol. The molecule has 0 saturated heterocycles. The standard InChI is InChI=1S/C5H10F3NO.H3O2P/c6-5(7,8)1-2-9-3-4-10;1-3-2/h9-10H,1-4H2;1-3H. The molecule has 0 heterocycles. The van der Waals surface area contributed by atoms with Gasteiger partial charge in [0.1, 0.15) is 9.03 Å². The van der Waals surface area contributed by atoms with E-state index in [1.807, 2.05) is 0 Å². The zero-order chi connectivity index (χ0) is 10.7. The maximum absolute atomic E-state index is 11.4. The van der Waals surface area contributed by atoms with Gasteiger partial charge in [-0.25, -0.2) is 0 Å². The smallest absolute Gasteiger partial charge is 0.390 e. The van der Waals surface area contributed by atoms with Gasteiger partial charge in [0, 0.05) is 13.1 Å². The van der Waals surface area contributed by atoms with Crippen LogP contribution in [0.3, 0.4) is 0 Å². The first-order valence-electron chi connectivity index (χ1n) is 3.39. The number of halogens is 3. The number of alkyl halides is 3. The molecule has 0 aliphatic heterocycles. The number of hydrogen-bond acceptors (Lipinski definition) is 4. The summed E-state index contributed by atoms with van der Waals surface area (Å²) in [5.74, 6) is 0. The van der Waals surface area contributed by atoms with Crippen LogP contribution in [0.5, 0.6) is 0 Å². The molecule has 0 aliphatic carbocycles. The van der Waals surface area contributed by atoms with Gasteiger partial charge in [0.25, 0.3) is 0 Å². The van der Waals surface area contributed by atoms with E-state index in [0.29, 0.717) is 0 Å². The molecule has 8 heteroatoms. The normalized spacial score (nSPS) is 10.6. The Kier molecular flexibility index (Phi) is 12.1. The summed E-state index contributed by atoms with van der Waals surface area (Å²) in [5.41, 5.74) is 0. The van der Waals surface area contributed by atoms with Crippen molar-refractivity contribution in [3.8, 4) is 0 Å². The highest BCUT2D eigenvalue weighted by Crippen LogP contribution is 2.17. The zero-order valence-electron chi connectivity index (χ0n) is 6.80. The summed E-state index contributed by atoms with van der Waals surface area (Å²) in [5, 5.41) is 10.6. The van der Waals surface area contributed by atoms with Gasteiger partial charge in [-0.1, -0.05) is 0 Å². The maximum Gasteiger partial charge on any atom is 0.390 e. The van der Waals surface area contributed by atoms with Gasteiger partial charge in [0.05, 0.1) is 13.0 Å². The first-order chi connectivity index (χ1) is 5.97. The van der Waals surface area contributed by atoms with Crippen LogP contribution in [-0.4, -0.2) is 40.8 Å². The number of nitrogens with one attached hydrogen (secondary N) is 1. The Bertz CT molecular complexity index is 104. The number of rotatable bonds is 4. The van der Waals surface area contributed by atoms with Gasteiger partial charge in [0.2, 0.25) is 0 Å². The molecular formula is C5H13F3NO3P. The van der Waals surface area contributed by atoms with Crippen LogP contribution >= 0.6 is 9.03 Å². The molecule has 0 radical (unpaired) electrons. The second kappa shape index (κ2) is 10.1. The molecule has 82 valence electrons. The Morgan fingerprint density at radius 3 is 1.92 bits per heavy atom. The van der Waals surface area contributed by atoms with Crippen LogP contribution in [-0.2, 0) is 0 Å². The van der Waals surface area contributed by atoms with Gasteiger partial charge in [-0.15, -0.1) is 0 Å². The van der Waals surface area contributed by atoms with Crippen LogP contribution in [0.2, 0.25) is 0 Å². The summed E-state index contributed by atoms with van der Waals surface area (Å²) in [4.78, 5) is 14.3. The van der Waals surface area contributed by atoms with Crippen molar-refractivity contribution < 1.29 is 28.1 Å². The Morgan fingerprint density at radius 1 is 1.15 bits per heavy atom. The van der Waals surface area contributed by atoms with Crippen molar-refractivity contribution in [3.63, 3.8) is 0 Å². The van der Waals surface area contributed by atoms with Crippen molar-refractivity contribution in [2.75, 3.05) is 19.7 Å². The van der Waals surface area contributed by atoms with E-state index < -0.39 is 21.6 Å². The molecule has 0 atom stereocenters. The molecule has 13 heavy (non-hydrogen) atoms. The molecule has 0 saturated carbocycles. The van der Waals surface area contributed by atoms with Gasteiger partial charge < -0.3 is 20.2 Å². The minimum Gasteiger partial charge on any atom is -0.395 e. The fourth-order valence-electron chi connectivity index (χ4n) is 0.434. The van der Waals surface area contributed by atoms with Crippen molar-refractivity contribution >= 4 is 9.03 Å². The monoisotopic (exact) mass is 223 g/mol. The molecule has 0 unspecified atom stereocenters. The van der Waals surface area contributed by atoms with Crippen LogP contribution in [0.15, 0.2) is 0 Å². The molecule has 0 spiro atoms. The third kappa shape index (κ3) is 24.5. The van der Waals surface area contributed by atoms with Gasteiger partial charge in [-0.2, -0.15) is 13.2 Å². The van der Waals surface area contributed by atoms with E-state index in [1.165, 1.54) is 0 Å². The SMILES string of the molecule is OCCNCCC(F)(F)F.OPO. The van der Waals surface area contributed by atoms with Crippen molar-refractivity contribution in [2.45, 2.75) is 12.6 Å². The topological polar surface area (TPSA) is 72.7 Å². The maximum atomic E-state index is 11.4. The fourth-order valence-corrected chi connectivity index (χ4v) is 0.434. The molecule has 0 aromatic heterocycles. The van der Waals surface area contributed by atoms with E-state index in [-0.39, 0.29) is 19.7 Å². The van der Waals surface area contributed by atoms with E-state index in [2.05, 4.69) is 5.32 Å². The first-order valence-corrected chi connectivity index (χ1v) is 4.29. The molecule has 0 amide bonds. The quantitative estimate of drug-likeness (QED) is 0.400. The highest BCUT2D eigenvalue weighted by Gasteiger charge is 2.25. The largest absolute Gasteiger partial charge is 0.395 e. The molecule has 0 fully saturated rings. The number of aliphatic hydroxyl groups is 1. The molecule has 0 aromatic rings. The van der Waals surface area contributed by atoms with Gasteiger partial charge in [-0.05, 0) is 0 Å². The lowest BCUT2D eigenvalue weighted by molar-refractivity contribution is -0.133. The van der Waals surface area contributed by atoms with E-state index in [1.54, 1.807) is 0 Å². The molecule has 0 rings (SSSR count). The van der Waals surface area contributed by atoms with E-state index in [9.17, 15) is 13.2 Å². The number of aliphatic hydroxyl groups excluding tert-OH is 1. The third-order valence-corrected chi connectivity index (χ3v) is 0.874. The highest BCUT2D eigenvalue weighted by molar-refractivity contribution is 7.23. The number of hydrogen-bond donors (Lipinski definition) is 4. The van der Waals surface area contributed by atoms with Crippen LogP contribution in [0.25, 0.3) is 0 Å². The van der Waals surface area contributed by atoms with Crippen LogP contribution in [0.1, 0.15) is 6.42 Å². The van der Waals surface area contributed by atoms with Crippen molar-refractivity contribution in [3.05, 3.63) is 0 Å². The van der Waals surface area contributed by atoms with Crippen molar-refractivity contribution in [1.29, 1.82) is 0 Å². The second-order valence-corrected chi connectivity index (χ2v) is 2.14. The van der Waals surface area contributed by atoms with Crippen LogP contribution in [0, 0.1) is 0 Å². The Labute approximate surface area is 75.7 Å². The Balaban J connectivity index is 0. The van der Waals surface area contributed by atoms with Crippen LogP contribution < -0.4 is 5.32 Å². The second-order valence-electron chi connectivity index (χ2n) is 1.94. The minimum absolute atomic E-state index is 0.121. The lowest BCUT2D eigenvalue weighted by atomic mass is 10.4. The summed E-state index contributed by atoms with van der Waals surface area (Å²) >= 11 is 0. The van der Waals surface area contributed by atoms with Crippen molar-refractivity contribution in [1.82, 2.24) is 5.32 Å². The first kappa shape index (κ1) is 15.5.